The number of aromatic amines is 1. The molecule has 0 saturated carbocycles. The van der Waals surface area contributed by atoms with Crippen molar-refractivity contribution in [2.75, 3.05) is 5.73 Å². The number of H-pyrrole nitrogens is 1. The Bertz CT molecular complexity index is 484. The van der Waals surface area contributed by atoms with Crippen LogP contribution in [0.25, 0.3) is 11.0 Å². The van der Waals surface area contributed by atoms with Crippen molar-refractivity contribution in [3.63, 3.8) is 0 Å². The van der Waals surface area contributed by atoms with Crippen molar-refractivity contribution in [1.82, 2.24) is 20.0 Å². The van der Waals surface area contributed by atoms with E-state index in [1.807, 2.05) is 13.8 Å². The molecule has 0 unspecified atom stereocenters. The average Bonchev–Trinajstić information content (AvgIpc) is 2.66. The number of hydrogen-bond acceptors (Lipinski definition) is 3. The molecular formula is C8H11F2N5. The molecule has 7 heteroatoms. The van der Waals surface area contributed by atoms with E-state index >= 15 is 0 Å². The van der Waals surface area contributed by atoms with Gasteiger partial charge in [0.15, 0.2) is 5.65 Å². The van der Waals surface area contributed by atoms with Gasteiger partial charge in [-0.3, -0.25) is 5.10 Å². The van der Waals surface area contributed by atoms with Crippen LogP contribution in [0.4, 0.5) is 14.6 Å². The van der Waals surface area contributed by atoms with E-state index in [1.54, 1.807) is 0 Å². The zero-order valence-electron chi connectivity index (χ0n) is 8.33. The van der Waals surface area contributed by atoms with Gasteiger partial charge >= 0.3 is 0 Å². The Morgan fingerprint density at radius 2 is 2.07 bits per heavy atom. The molecule has 0 saturated heterocycles. The van der Waals surface area contributed by atoms with E-state index in [1.165, 1.54) is 4.68 Å². The molecule has 0 spiro atoms. The molecule has 0 aliphatic carbocycles. The molecule has 2 aromatic heterocycles. The number of hydrogen-bond donors (Lipinski definition) is 2. The standard InChI is InChI=1S/C8H11F2N5/c1-3(2)15-8-4(7(11)12-13-8)5(14-15)6(9)10/h3,6H,1-2H3,(H3,11,12,13). The largest absolute Gasteiger partial charge is 0.383 e. The number of nitrogens with two attached hydrogens (primary N) is 1. The Kier molecular flexibility index (Phi) is 2.09. The molecule has 2 rings (SSSR count). The van der Waals surface area contributed by atoms with Crippen molar-refractivity contribution in [2.24, 2.45) is 0 Å². The number of nitrogen functional groups attached to an aromatic ring is 1. The third-order valence-corrected chi connectivity index (χ3v) is 2.16. The van der Waals surface area contributed by atoms with E-state index in [2.05, 4.69) is 15.3 Å². The van der Waals surface area contributed by atoms with E-state index in [0.717, 1.165) is 0 Å². The van der Waals surface area contributed by atoms with Gasteiger partial charge in [-0.1, -0.05) is 0 Å². The molecule has 2 heterocycles. The molecule has 0 amide bonds. The number of halogens is 2. The SMILES string of the molecule is CC(C)n1nc(C(F)F)c2c(N)[nH]nc21. The minimum atomic E-state index is -2.65. The summed E-state index contributed by atoms with van der Waals surface area (Å²) in [5.41, 5.74) is 5.58. The number of anilines is 1. The highest BCUT2D eigenvalue weighted by atomic mass is 19.3. The van der Waals surface area contributed by atoms with Gasteiger partial charge in [0.25, 0.3) is 6.43 Å². The zero-order valence-corrected chi connectivity index (χ0v) is 8.33. The summed E-state index contributed by atoms with van der Waals surface area (Å²) in [6.07, 6.45) is -2.65. The van der Waals surface area contributed by atoms with Crippen LogP contribution in [0, 0.1) is 0 Å². The van der Waals surface area contributed by atoms with Gasteiger partial charge in [-0.05, 0) is 13.8 Å². The lowest BCUT2D eigenvalue weighted by Gasteiger charge is -2.03. The molecule has 0 aromatic carbocycles. The maximum atomic E-state index is 12.7. The fourth-order valence-electron chi connectivity index (χ4n) is 1.49. The topological polar surface area (TPSA) is 72.5 Å². The van der Waals surface area contributed by atoms with Crippen molar-refractivity contribution in [2.45, 2.75) is 26.3 Å². The highest BCUT2D eigenvalue weighted by Crippen LogP contribution is 2.30. The van der Waals surface area contributed by atoms with Crippen molar-refractivity contribution >= 4 is 16.9 Å². The number of alkyl halides is 2. The first-order chi connectivity index (χ1) is 7.02. The highest BCUT2D eigenvalue weighted by Gasteiger charge is 2.23. The van der Waals surface area contributed by atoms with Gasteiger partial charge in [0.05, 0.1) is 5.39 Å². The van der Waals surface area contributed by atoms with E-state index in [4.69, 9.17) is 5.73 Å². The summed E-state index contributed by atoms with van der Waals surface area (Å²) in [5.74, 6) is 0.132. The van der Waals surface area contributed by atoms with Crippen LogP contribution in [-0.2, 0) is 0 Å². The first-order valence-electron chi connectivity index (χ1n) is 4.52. The molecule has 0 fully saturated rings. The van der Waals surface area contributed by atoms with Crippen molar-refractivity contribution in [3.05, 3.63) is 5.69 Å². The highest BCUT2D eigenvalue weighted by molar-refractivity contribution is 5.89. The third kappa shape index (κ3) is 1.34. The predicted octanol–water partition coefficient (Wildman–Crippen LogP) is 1.86. The Hall–Kier alpha value is -1.66. The summed E-state index contributed by atoms with van der Waals surface area (Å²) in [6, 6.07) is -0.0392. The fraction of sp³-hybridized carbons (Fsp3) is 0.500. The van der Waals surface area contributed by atoms with E-state index in [-0.39, 0.29) is 22.9 Å². The number of nitrogens with zero attached hydrogens (tertiary/aromatic N) is 3. The number of nitrogens with one attached hydrogen (secondary N) is 1. The zero-order chi connectivity index (χ0) is 11.2. The van der Waals surface area contributed by atoms with Gasteiger partial charge in [0.2, 0.25) is 0 Å². The smallest absolute Gasteiger partial charge is 0.282 e. The Labute approximate surface area is 84.2 Å². The van der Waals surface area contributed by atoms with Gasteiger partial charge in [-0.2, -0.15) is 10.2 Å². The van der Waals surface area contributed by atoms with Gasteiger partial charge < -0.3 is 5.73 Å². The van der Waals surface area contributed by atoms with E-state index in [0.29, 0.717) is 5.65 Å². The van der Waals surface area contributed by atoms with Gasteiger partial charge in [-0.25, -0.2) is 13.5 Å². The Morgan fingerprint density at radius 1 is 1.40 bits per heavy atom. The van der Waals surface area contributed by atoms with E-state index in [9.17, 15) is 8.78 Å². The van der Waals surface area contributed by atoms with Crippen molar-refractivity contribution < 1.29 is 8.78 Å². The van der Waals surface area contributed by atoms with Gasteiger partial charge in [-0.15, -0.1) is 0 Å². The minimum Gasteiger partial charge on any atom is -0.383 e. The van der Waals surface area contributed by atoms with Crippen LogP contribution in [0.2, 0.25) is 0 Å². The van der Waals surface area contributed by atoms with Crippen LogP contribution in [0.15, 0.2) is 0 Å². The second-order valence-electron chi connectivity index (χ2n) is 3.56. The molecule has 3 N–H and O–H groups in total. The first kappa shape index (κ1) is 9.88. The summed E-state index contributed by atoms with van der Waals surface area (Å²) in [7, 11) is 0. The quantitative estimate of drug-likeness (QED) is 0.803. The lowest BCUT2D eigenvalue weighted by molar-refractivity contribution is 0.146. The molecule has 15 heavy (non-hydrogen) atoms. The molecule has 0 atom stereocenters. The monoisotopic (exact) mass is 215 g/mol. The van der Waals surface area contributed by atoms with Crippen molar-refractivity contribution in [3.8, 4) is 0 Å². The van der Waals surface area contributed by atoms with Crippen LogP contribution in [0.1, 0.15) is 32.0 Å². The fourth-order valence-corrected chi connectivity index (χ4v) is 1.49. The van der Waals surface area contributed by atoms with Crippen LogP contribution in [-0.4, -0.2) is 20.0 Å². The van der Waals surface area contributed by atoms with Crippen LogP contribution in [0.5, 0.6) is 0 Å². The first-order valence-corrected chi connectivity index (χ1v) is 4.52. The number of rotatable bonds is 2. The number of fused-ring (bicyclic) bond motifs is 1. The third-order valence-electron chi connectivity index (χ3n) is 2.16. The van der Waals surface area contributed by atoms with Crippen LogP contribution in [0.3, 0.4) is 0 Å². The molecular weight excluding hydrogens is 204 g/mol. The van der Waals surface area contributed by atoms with Crippen LogP contribution >= 0.6 is 0 Å². The maximum absolute atomic E-state index is 12.7. The molecule has 2 aromatic rings. The molecule has 0 aliphatic heterocycles. The van der Waals surface area contributed by atoms with Crippen LogP contribution < -0.4 is 5.73 Å². The summed E-state index contributed by atoms with van der Waals surface area (Å²) in [4.78, 5) is 0. The van der Waals surface area contributed by atoms with Crippen molar-refractivity contribution in [1.29, 1.82) is 0 Å². The number of aromatic nitrogens is 4. The lowest BCUT2D eigenvalue weighted by atomic mass is 10.3. The summed E-state index contributed by atoms with van der Waals surface area (Å²) < 4.78 is 26.8. The Balaban J connectivity index is 2.75. The maximum Gasteiger partial charge on any atom is 0.282 e. The second-order valence-corrected chi connectivity index (χ2v) is 3.56. The summed E-state index contributed by atoms with van der Waals surface area (Å²) in [5, 5.41) is 10.4. The summed E-state index contributed by atoms with van der Waals surface area (Å²) in [6.45, 7) is 3.68. The predicted molar refractivity (Wildman–Crippen MR) is 51.6 cm³/mol. The van der Waals surface area contributed by atoms with Gasteiger partial charge in [0, 0.05) is 6.04 Å². The molecule has 0 aliphatic rings. The molecule has 0 bridgehead atoms. The lowest BCUT2D eigenvalue weighted by Crippen LogP contribution is -2.04. The minimum absolute atomic E-state index is 0.0392. The van der Waals surface area contributed by atoms with E-state index < -0.39 is 6.43 Å². The van der Waals surface area contributed by atoms with Gasteiger partial charge in [0.1, 0.15) is 11.5 Å². The second kappa shape index (κ2) is 3.18. The average molecular weight is 215 g/mol. The molecule has 5 nitrogen and oxygen atoms in total. The normalized spacial score (nSPS) is 12.1. The Morgan fingerprint density at radius 3 is 2.60 bits per heavy atom. The molecule has 0 radical (unpaired) electrons. The molecule has 82 valence electrons. The summed E-state index contributed by atoms with van der Waals surface area (Å²) >= 11 is 0.